The highest BCUT2D eigenvalue weighted by molar-refractivity contribution is 7.47. The third kappa shape index (κ3) is 8.67. The van der Waals surface area contributed by atoms with Crippen LogP contribution in [0.2, 0.25) is 0 Å². The Kier molecular flexibility index (Phi) is 7.93. The summed E-state index contributed by atoms with van der Waals surface area (Å²) in [5, 5.41) is 0. The van der Waals surface area contributed by atoms with Crippen molar-refractivity contribution in [3.8, 4) is 0 Å². The molecule has 0 aromatic rings. The van der Waals surface area contributed by atoms with E-state index < -0.39 is 8.38 Å². The maximum absolute atomic E-state index is 5.71. The Hall–Kier alpha value is 0.350. The molecule has 0 atom stereocenters. The zero-order chi connectivity index (χ0) is 10.3. The van der Waals surface area contributed by atoms with Gasteiger partial charge < -0.3 is 9.05 Å². The van der Waals surface area contributed by atoms with Crippen LogP contribution in [-0.2, 0) is 9.05 Å². The van der Waals surface area contributed by atoms with Crippen LogP contribution in [0.15, 0.2) is 0 Å². The van der Waals surface area contributed by atoms with Crippen LogP contribution in [0.25, 0.3) is 0 Å². The second-order valence-corrected chi connectivity index (χ2v) is 5.25. The summed E-state index contributed by atoms with van der Waals surface area (Å²) >= 11 is 0. The largest absolute Gasteiger partial charge is 0.331 e. The molecule has 0 aromatic heterocycles. The van der Waals surface area contributed by atoms with Gasteiger partial charge >= 0.3 is 0 Å². The van der Waals surface area contributed by atoms with Crippen molar-refractivity contribution < 1.29 is 9.05 Å². The Bertz CT molecular complexity index is 105. The van der Waals surface area contributed by atoms with Crippen molar-refractivity contribution in [3.63, 3.8) is 0 Å². The summed E-state index contributed by atoms with van der Waals surface area (Å²) in [6, 6.07) is 0. The van der Waals surface area contributed by atoms with E-state index in [-0.39, 0.29) is 12.2 Å². The van der Waals surface area contributed by atoms with E-state index in [4.69, 9.17) is 9.05 Å². The van der Waals surface area contributed by atoms with Crippen molar-refractivity contribution >= 4 is 8.38 Å². The second-order valence-electron chi connectivity index (χ2n) is 3.72. The van der Waals surface area contributed by atoms with Crippen LogP contribution < -0.4 is 0 Å². The van der Waals surface area contributed by atoms with Gasteiger partial charge in [0.25, 0.3) is 0 Å². The van der Waals surface area contributed by atoms with Crippen molar-refractivity contribution in [3.05, 3.63) is 0 Å². The van der Waals surface area contributed by atoms with Crippen LogP contribution >= 0.6 is 8.38 Å². The molecule has 0 amide bonds. The van der Waals surface area contributed by atoms with Crippen molar-refractivity contribution in [1.82, 2.24) is 0 Å². The molecule has 3 heteroatoms. The van der Waals surface area contributed by atoms with E-state index in [0.29, 0.717) is 0 Å². The topological polar surface area (TPSA) is 18.5 Å². The standard InChI is InChI=1S/C10H23O2P/c1-6-7-8-13(11-9(2)3)12-10(4)5/h9-10H,6-8H2,1-5H3. The van der Waals surface area contributed by atoms with Crippen LogP contribution in [0.4, 0.5) is 0 Å². The van der Waals surface area contributed by atoms with E-state index in [0.717, 1.165) is 6.16 Å². The molecule has 0 aliphatic carbocycles. The van der Waals surface area contributed by atoms with Gasteiger partial charge in [-0.1, -0.05) is 13.3 Å². The van der Waals surface area contributed by atoms with Crippen molar-refractivity contribution in [2.75, 3.05) is 6.16 Å². The van der Waals surface area contributed by atoms with Gasteiger partial charge in [-0.2, -0.15) is 0 Å². The molecule has 0 aliphatic rings. The van der Waals surface area contributed by atoms with Gasteiger partial charge in [0.05, 0.1) is 12.2 Å². The highest BCUT2D eigenvalue weighted by Gasteiger charge is 2.13. The predicted octanol–water partition coefficient (Wildman–Crippen LogP) is 3.95. The molecule has 0 aliphatic heterocycles. The molecule has 0 fully saturated rings. The molecule has 0 saturated heterocycles. The molecule has 13 heavy (non-hydrogen) atoms. The maximum atomic E-state index is 5.71. The Morgan fingerprint density at radius 2 is 1.46 bits per heavy atom. The van der Waals surface area contributed by atoms with Gasteiger partial charge in [-0.25, -0.2) is 0 Å². The van der Waals surface area contributed by atoms with Gasteiger partial charge in [0.2, 0.25) is 0 Å². The minimum absolute atomic E-state index is 0.279. The summed E-state index contributed by atoms with van der Waals surface area (Å²) < 4.78 is 11.4. The molecule has 0 unspecified atom stereocenters. The molecule has 0 N–H and O–H groups in total. The van der Waals surface area contributed by atoms with E-state index in [1.165, 1.54) is 12.8 Å². The molecule has 0 aromatic carbocycles. The van der Waals surface area contributed by atoms with Crippen LogP contribution in [0, 0.1) is 0 Å². The Labute approximate surface area is 83.9 Å². The average molecular weight is 206 g/mol. The lowest BCUT2D eigenvalue weighted by Gasteiger charge is -2.21. The first-order valence-electron chi connectivity index (χ1n) is 5.17. The van der Waals surface area contributed by atoms with E-state index in [1.807, 2.05) is 0 Å². The molecule has 0 rings (SSSR count). The third-order valence-electron chi connectivity index (χ3n) is 1.35. The van der Waals surface area contributed by atoms with Gasteiger partial charge in [-0.3, -0.25) is 0 Å². The van der Waals surface area contributed by atoms with Crippen molar-refractivity contribution in [2.45, 2.75) is 59.7 Å². The van der Waals surface area contributed by atoms with E-state index in [2.05, 4.69) is 34.6 Å². The zero-order valence-corrected chi connectivity index (χ0v) is 10.4. The first-order chi connectivity index (χ1) is 6.06. The van der Waals surface area contributed by atoms with Gasteiger partial charge in [0.1, 0.15) is 0 Å². The van der Waals surface area contributed by atoms with Gasteiger partial charge in [-0.05, 0) is 34.1 Å². The fourth-order valence-electron chi connectivity index (χ4n) is 0.888. The molecule has 0 radical (unpaired) electrons. The number of rotatable bonds is 7. The van der Waals surface area contributed by atoms with Crippen LogP contribution in [0.1, 0.15) is 47.5 Å². The Morgan fingerprint density at radius 1 is 1.00 bits per heavy atom. The minimum atomic E-state index is -0.645. The normalized spacial score (nSPS) is 12.0. The first kappa shape index (κ1) is 13.4. The number of hydrogen-bond donors (Lipinski definition) is 0. The molecule has 0 heterocycles. The lowest BCUT2D eigenvalue weighted by atomic mass is 10.4. The lowest BCUT2D eigenvalue weighted by molar-refractivity contribution is 0.177. The van der Waals surface area contributed by atoms with Gasteiger partial charge in [0, 0.05) is 6.16 Å². The summed E-state index contributed by atoms with van der Waals surface area (Å²) in [6.45, 7) is 10.4. The minimum Gasteiger partial charge on any atom is -0.331 e. The fourth-order valence-corrected chi connectivity index (χ4v) is 2.66. The maximum Gasteiger partial charge on any atom is 0.170 e. The highest BCUT2D eigenvalue weighted by atomic mass is 31.2. The summed E-state index contributed by atoms with van der Waals surface area (Å²) in [7, 11) is -0.645. The van der Waals surface area contributed by atoms with E-state index >= 15 is 0 Å². The van der Waals surface area contributed by atoms with Gasteiger partial charge in [-0.15, -0.1) is 0 Å². The molecular weight excluding hydrogens is 183 g/mol. The van der Waals surface area contributed by atoms with Crippen molar-refractivity contribution in [1.29, 1.82) is 0 Å². The fraction of sp³-hybridized carbons (Fsp3) is 1.00. The average Bonchev–Trinajstić information content (AvgIpc) is 1.98. The number of hydrogen-bond acceptors (Lipinski definition) is 2. The SMILES string of the molecule is CCCCP(OC(C)C)OC(C)C. The summed E-state index contributed by atoms with van der Waals surface area (Å²) in [5.74, 6) is 0. The molecule has 80 valence electrons. The van der Waals surface area contributed by atoms with Crippen molar-refractivity contribution in [2.24, 2.45) is 0 Å². The smallest absolute Gasteiger partial charge is 0.170 e. The Morgan fingerprint density at radius 3 is 1.77 bits per heavy atom. The van der Waals surface area contributed by atoms with Crippen LogP contribution in [0.3, 0.4) is 0 Å². The lowest BCUT2D eigenvalue weighted by Crippen LogP contribution is -2.06. The molecule has 2 nitrogen and oxygen atoms in total. The third-order valence-corrected chi connectivity index (χ3v) is 3.35. The second kappa shape index (κ2) is 7.73. The summed E-state index contributed by atoms with van der Waals surface area (Å²) in [4.78, 5) is 0. The summed E-state index contributed by atoms with van der Waals surface area (Å²) in [5.41, 5.74) is 0. The predicted molar refractivity (Wildman–Crippen MR) is 59.1 cm³/mol. The molecule has 0 saturated carbocycles. The highest BCUT2D eigenvalue weighted by Crippen LogP contribution is 2.41. The summed E-state index contributed by atoms with van der Waals surface area (Å²) in [6.07, 6.45) is 4.04. The quantitative estimate of drug-likeness (QED) is 0.587. The number of unbranched alkanes of at least 4 members (excludes halogenated alkanes) is 1. The van der Waals surface area contributed by atoms with Crippen LogP contribution in [-0.4, -0.2) is 18.4 Å². The molecule has 0 spiro atoms. The first-order valence-corrected chi connectivity index (χ1v) is 6.53. The van der Waals surface area contributed by atoms with Crippen LogP contribution in [0.5, 0.6) is 0 Å². The van der Waals surface area contributed by atoms with E-state index in [9.17, 15) is 0 Å². The molecule has 0 bridgehead atoms. The zero-order valence-electron chi connectivity index (χ0n) is 9.54. The van der Waals surface area contributed by atoms with Gasteiger partial charge in [0.15, 0.2) is 8.38 Å². The van der Waals surface area contributed by atoms with E-state index in [1.54, 1.807) is 0 Å². The Balaban J connectivity index is 3.73. The monoisotopic (exact) mass is 206 g/mol. The molecular formula is C10H23O2P.